The summed E-state index contributed by atoms with van der Waals surface area (Å²) in [7, 11) is 0. The zero-order valence-electron chi connectivity index (χ0n) is 8.86. The summed E-state index contributed by atoms with van der Waals surface area (Å²) in [5, 5.41) is 17.0. The summed E-state index contributed by atoms with van der Waals surface area (Å²) in [4.78, 5) is 2.14. The molecule has 0 saturated heterocycles. The molecule has 0 unspecified atom stereocenters. The number of nitrogens with zero attached hydrogens (tertiary/aromatic N) is 3. The quantitative estimate of drug-likeness (QED) is 0.800. The highest BCUT2D eigenvalue weighted by Gasteiger charge is 2.05. The fourth-order valence-corrected chi connectivity index (χ4v) is 1.49. The van der Waals surface area contributed by atoms with Gasteiger partial charge in [0.25, 0.3) is 0 Å². The van der Waals surface area contributed by atoms with Gasteiger partial charge in [-0.25, -0.2) is 0 Å². The van der Waals surface area contributed by atoms with Crippen molar-refractivity contribution in [2.24, 2.45) is 0 Å². The molecule has 0 bridgehead atoms. The molecule has 0 aliphatic rings. The van der Waals surface area contributed by atoms with Gasteiger partial charge in [-0.15, -0.1) is 5.10 Å². The monoisotopic (exact) mass is 229 g/mol. The second-order valence-electron chi connectivity index (χ2n) is 3.35. The maximum absolute atomic E-state index is 8.89. The lowest BCUT2D eigenvalue weighted by Gasteiger charge is -2.19. The topological polar surface area (TPSA) is 49.2 Å². The summed E-state index contributed by atoms with van der Waals surface area (Å²) in [5.74, 6) is 0. The predicted molar refractivity (Wildman–Crippen MR) is 59.7 cm³/mol. The van der Waals surface area contributed by atoms with E-state index in [2.05, 4.69) is 22.0 Å². The Hall–Kier alpha value is -0.710. The minimum absolute atomic E-state index is 0.168. The fraction of sp³-hybridized carbons (Fsp3) is 0.600. The van der Waals surface area contributed by atoms with Gasteiger partial charge in [0.2, 0.25) is 0 Å². The summed E-state index contributed by atoms with van der Waals surface area (Å²) in [6.07, 6.45) is 1.06. The average Bonchev–Trinajstić information content (AvgIpc) is 2.22. The van der Waals surface area contributed by atoms with Crippen molar-refractivity contribution >= 4 is 11.6 Å². The molecule has 1 aromatic heterocycles. The van der Waals surface area contributed by atoms with Crippen molar-refractivity contribution in [3.05, 3.63) is 23.0 Å². The second kappa shape index (κ2) is 6.71. The van der Waals surface area contributed by atoms with Crippen molar-refractivity contribution in [1.29, 1.82) is 0 Å². The largest absolute Gasteiger partial charge is 0.395 e. The van der Waals surface area contributed by atoms with E-state index in [0.717, 1.165) is 18.7 Å². The zero-order valence-corrected chi connectivity index (χ0v) is 9.61. The molecule has 0 fully saturated rings. The molecule has 15 heavy (non-hydrogen) atoms. The number of aliphatic hydroxyl groups is 1. The van der Waals surface area contributed by atoms with E-state index >= 15 is 0 Å². The Bertz CT molecular complexity index is 273. The first-order valence-corrected chi connectivity index (χ1v) is 5.45. The molecule has 1 heterocycles. The van der Waals surface area contributed by atoms with Crippen LogP contribution in [0.25, 0.3) is 0 Å². The summed E-state index contributed by atoms with van der Waals surface area (Å²) >= 11 is 5.64. The van der Waals surface area contributed by atoms with E-state index in [9.17, 15) is 0 Å². The Balaban J connectivity index is 2.53. The molecule has 0 spiro atoms. The molecule has 0 saturated carbocycles. The molecular formula is C10H16ClN3O. The molecule has 0 atom stereocenters. The number of halogens is 1. The van der Waals surface area contributed by atoms with Crippen LogP contribution in [0.15, 0.2) is 12.1 Å². The van der Waals surface area contributed by atoms with E-state index in [4.69, 9.17) is 16.7 Å². The van der Waals surface area contributed by atoms with Crippen LogP contribution in [0.3, 0.4) is 0 Å². The van der Waals surface area contributed by atoms with Crippen molar-refractivity contribution < 1.29 is 5.11 Å². The van der Waals surface area contributed by atoms with Gasteiger partial charge in [0, 0.05) is 13.1 Å². The third-order valence-electron chi connectivity index (χ3n) is 2.03. The van der Waals surface area contributed by atoms with Crippen molar-refractivity contribution in [1.82, 2.24) is 15.1 Å². The lowest BCUT2D eigenvalue weighted by Crippen LogP contribution is -2.27. The second-order valence-corrected chi connectivity index (χ2v) is 3.73. The maximum Gasteiger partial charge on any atom is 0.151 e. The Morgan fingerprint density at radius 1 is 1.33 bits per heavy atom. The van der Waals surface area contributed by atoms with Gasteiger partial charge in [-0.3, -0.25) is 4.90 Å². The fourth-order valence-electron chi connectivity index (χ4n) is 1.38. The maximum atomic E-state index is 8.89. The van der Waals surface area contributed by atoms with Gasteiger partial charge in [0.1, 0.15) is 0 Å². The zero-order chi connectivity index (χ0) is 11.1. The molecule has 0 aromatic carbocycles. The van der Waals surface area contributed by atoms with Crippen LogP contribution in [-0.2, 0) is 6.54 Å². The van der Waals surface area contributed by atoms with Crippen LogP contribution in [0.1, 0.15) is 19.0 Å². The lowest BCUT2D eigenvalue weighted by atomic mass is 10.3. The third kappa shape index (κ3) is 4.55. The van der Waals surface area contributed by atoms with Crippen molar-refractivity contribution in [2.75, 3.05) is 19.7 Å². The molecule has 5 heteroatoms. The molecule has 1 N–H and O–H groups in total. The number of aliphatic hydroxyl groups excluding tert-OH is 1. The standard InChI is InChI=1S/C10H16ClN3O/c1-2-5-14(6-7-15)8-9-3-4-10(11)13-12-9/h3-4,15H,2,5-8H2,1H3. The van der Waals surface area contributed by atoms with Crippen LogP contribution in [0.5, 0.6) is 0 Å². The Labute approximate surface area is 94.9 Å². The van der Waals surface area contributed by atoms with E-state index in [1.54, 1.807) is 6.07 Å². The Morgan fingerprint density at radius 2 is 2.13 bits per heavy atom. The van der Waals surface area contributed by atoms with Gasteiger partial charge in [0.05, 0.1) is 12.3 Å². The average molecular weight is 230 g/mol. The molecule has 1 aromatic rings. The van der Waals surface area contributed by atoms with Gasteiger partial charge in [-0.1, -0.05) is 18.5 Å². The summed E-state index contributed by atoms with van der Waals surface area (Å²) in [6, 6.07) is 3.59. The van der Waals surface area contributed by atoms with Crippen LogP contribution < -0.4 is 0 Å². The van der Waals surface area contributed by atoms with Gasteiger partial charge in [-0.2, -0.15) is 5.10 Å². The Morgan fingerprint density at radius 3 is 2.67 bits per heavy atom. The highest BCUT2D eigenvalue weighted by atomic mass is 35.5. The lowest BCUT2D eigenvalue weighted by molar-refractivity contribution is 0.188. The van der Waals surface area contributed by atoms with E-state index in [1.165, 1.54) is 0 Å². The highest BCUT2D eigenvalue weighted by Crippen LogP contribution is 2.05. The SMILES string of the molecule is CCCN(CCO)Cc1ccc(Cl)nn1. The van der Waals surface area contributed by atoms with E-state index < -0.39 is 0 Å². The molecule has 0 amide bonds. The van der Waals surface area contributed by atoms with Crippen molar-refractivity contribution in [3.63, 3.8) is 0 Å². The molecule has 0 aliphatic heterocycles. The smallest absolute Gasteiger partial charge is 0.151 e. The van der Waals surface area contributed by atoms with Crippen LogP contribution in [0.2, 0.25) is 5.15 Å². The highest BCUT2D eigenvalue weighted by molar-refractivity contribution is 6.29. The summed E-state index contributed by atoms with van der Waals surface area (Å²) in [5.41, 5.74) is 0.876. The van der Waals surface area contributed by atoms with Crippen LogP contribution >= 0.6 is 11.6 Å². The third-order valence-corrected chi connectivity index (χ3v) is 2.23. The predicted octanol–water partition coefficient (Wildman–Crippen LogP) is 1.33. The van der Waals surface area contributed by atoms with Gasteiger partial charge in [0.15, 0.2) is 5.15 Å². The molecule has 4 nitrogen and oxygen atoms in total. The van der Waals surface area contributed by atoms with Crippen LogP contribution in [-0.4, -0.2) is 39.9 Å². The van der Waals surface area contributed by atoms with E-state index in [0.29, 0.717) is 18.2 Å². The van der Waals surface area contributed by atoms with Crippen molar-refractivity contribution in [3.8, 4) is 0 Å². The van der Waals surface area contributed by atoms with Gasteiger partial charge < -0.3 is 5.11 Å². The Kier molecular flexibility index (Phi) is 5.53. The van der Waals surface area contributed by atoms with Crippen molar-refractivity contribution in [2.45, 2.75) is 19.9 Å². The number of rotatable bonds is 6. The summed E-state index contributed by atoms with van der Waals surface area (Å²) in [6.45, 7) is 4.60. The first-order valence-electron chi connectivity index (χ1n) is 5.07. The number of hydrogen-bond acceptors (Lipinski definition) is 4. The van der Waals surface area contributed by atoms with Gasteiger partial charge >= 0.3 is 0 Å². The van der Waals surface area contributed by atoms with Crippen LogP contribution in [0, 0.1) is 0 Å². The first kappa shape index (κ1) is 12.4. The molecule has 0 radical (unpaired) electrons. The van der Waals surface area contributed by atoms with E-state index in [-0.39, 0.29) is 6.61 Å². The molecular weight excluding hydrogens is 214 g/mol. The van der Waals surface area contributed by atoms with Crippen LogP contribution in [0.4, 0.5) is 0 Å². The number of aromatic nitrogens is 2. The normalized spacial score (nSPS) is 10.9. The molecule has 0 aliphatic carbocycles. The minimum atomic E-state index is 0.168. The van der Waals surface area contributed by atoms with E-state index in [1.807, 2.05) is 6.07 Å². The first-order chi connectivity index (χ1) is 7.26. The minimum Gasteiger partial charge on any atom is -0.395 e. The molecule has 84 valence electrons. The summed E-state index contributed by atoms with van der Waals surface area (Å²) < 4.78 is 0. The van der Waals surface area contributed by atoms with Gasteiger partial charge in [-0.05, 0) is 25.1 Å². The molecule has 1 rings (SSSR count). The number of hydrogen-bond donors (Lipinski definition) is 1.